The molecule has 0 aliphatic heterocycles. The summed E-state index contributed by atoms with van der Waals surface area (Å²) in [6, 6.07) is 9.29. The topological polar surface area (TPSA) is 184 Å². The maximum atomic E-state index is 12.4. The molecule has 0 atom stereocenters. The summed E-state index contributed by atoms with van der Waals surface area (Å²) in [6.07, 6.45) is 1.24. The molecule has 1 heterocycles. The molecule has 0 amide bonds. The second kappa shape index (κ2) is 23.4. The minimum absolute atomic E-state index is 0. The van der Waals surface area contributed by atoms with Crippen molar-refractivity contribution in [3.8, 4) is 11.5 Å². The van der Waals surface area contributed by atoms with Gasteiger partial charge in [-0.3, -0.25) is 28.8 Å². The molecule has 252 valence electrons. The van der Waals surface area contributed by atoms with Gasteiger partial charge in [-0.25, -0.2) is 0 Å². The number of aryl methyl sites for hydroxylation is 2. The number of carbonyl (C=O) groups excluding carboxylic acids is 5. The van der Waals surface area contributed by atoms with Crippen LogP contribution in [0, 0.1) is 45.0 Å². The van der Waals surface area contributed by atoms with Gasteiger partial charge in [-0.2, -0.15) is 0 Å². The third kappa shape index (κ3) is 17.0. The fraction of sp³-hybridized carbons (Fsp3) is 0.394. The molecule has 0 bridgehead atoms. The van der Waals surface area contributed by atoms with Crippen molar-refractivity contribution in [1.82, 2.24) is 0 Å². The van der Waals surface area contributed by atoms with Crippen molar-refractivity contribution < 1.29 is 83.9 Å². The minimum Gasteiger partial charge on any atom is -0.508 e. The van der Waals surface area contributed by atoms with E-state index >= 15 is 0 Å². The van der Waals surface area contributed by atoms with Crippen LogP contribution >= 0.6 is 0 Å². The van der Waals surface area contributed by atoms with Crippen LogP contribution in [0.25, 0.3) is 11.0 Å². The first-order chi connectivity index (χ1) is 22.2. The molecule has 3 aromatic rings. The number of hydrogen-bond donors (Lipinski definition) is 2. The Balaban J connectivity index is 0. The van der Waals surface area contributed by atoms with Crippen LogP contribution in [0.5, 0.6) is 11.5 Å². The average molecular weight is 880 g/mol. The summed E-state index contributed by atoms with van der Waals surface area (Å²) in [6.45, 7) is 10.2. The van der Waals surface area contributed by atoms with E-state index in [2.05, 4.69) is 13.1 Å². The Morgan fingerprint density at radius 2 is 1.43 bits per heavy atom. The average Bonchev–Trinajstić information content (AvgIpc) is 2.98. The standard InChI is InChI=1S/C16H18O4.C13H16O5.C4H6O3.BH.U/c1-4-19-15(17)8-7-12-11(3)20-14-9-10(2)5-6-13(14)16(12)18;1-2-18-13(17)5-3-4-11(15)10-7-6-9(14)8-12(10)16;1-3(5)7-4(2)6;;/h5-6,9H,4,7-8H2,1-3H3;6-8,14,16H,2-5H2,1H3;1-2H3;1H;/i;;;1D;. The van der Waals surface area contributed by atoms with Crippen molar-refractivity contribution in [3.63, 3.8) is 0 Å². The third-order valence-electron chi connectivity index (χ3n) is 5.89. The van der Waals surface area contributed by atoms with Crippen LogP contribution in [0.3, 0.4) is 0 Å². The zero-order valence-corrected chi connectivity index (χ0v) is 31.6. The van der Waals surface area contributed by atoms with E-state index in [4.69, 9.17) is 20.3 Å². The molecule has 2 aromatic carbocycles. The molecule has 3 rings (SSSR count). The number of Topliss-reactive ketones (excluding diaryl/α,β-unsaturated/α-hetero) is 1. The number of esters is 4. The summed E-state index contributed by atoms with van der Waals surface area (Å²) in [7, 11) is 3.75. The Bertz CT molecular complexity index is 1560. The molecule has 0 unspecified atom stereocenters. The summed E-state index contributed by atoms with van der Waals surface area (Å²) < 4.78 is 24.5. The monoisotopic (exact) mass is 879 g/mol. The number of rotatable bonds is 10. The summed E-state index contributed by atoms with van der Waals surface area (Å²) >= 11 is 0. The van der Waals surface area contributed by atoms with E-state index in [0.717, 1.165) is 11.6 Å². The first-order valence-corrected chi connectivity index (χ1v) is 14.3. The van der Waals surface area contributed by atoms with Gasteiger partial charge in [-0.15, -0.1) is 0 Å². The van der Waals surface area contributed by atoms with E-state index in [9.17, 15) is 33.9 Å². The summed E-state index contributed by atoms with van der Waals surface area (Å²) in [4.78, 5) is 66.2. The number of benzene rings is 2. The van der Waals surface area contributed by atoms with Crippen molar-refractivity contribution >= 4 is 49.0 Å². The molecule has 2 radical (unpaired) electrons. The van der Waals surface area contributed by atoms with E-state index < -0.39 is 11.9 Å². The van der Waals surface area contributed by atoms with Crippen molar-refractivity contribution in [2.75, 3.05) is 13.2 Å². The Labute approximate surface area is 300 Å². The molecule has 0 aliphatic rings. The van der Waals surface area contributed by atoms with Crippen LogP contribution in [-0.2, 0) is 39.8 Å². The molecular weight excluding hydrogens is 837 g/mol. The van der Waals surface area contributed by atoms with Crippen molar-refractivity contribution in [1.29, 1.82) is 1.34 Å². The minimum atomic E-state index is -0.562. The van der Waals surface area contributed by atoms with Gasteiger partial charge >= 0.3 is 23.9 Å². The summed E-state index contributed by atoms with van der Waals surface area (Å²) in [5.74, 6) is -1.81. The summed E-state index contributed by atoms with van der Waals surface area (Å²) in [5, 5.41) is 19.1. The van der Waals surface area contributed by atoms with Crippen LogP contribution in [0.15, 0.2) is 45.6 Å². The molecule has 2 N–H and O–H groups in total. The molecule has 0 fully saturated rings. The number of ether oxygens (including phenoxy) is 3. The smallest absolute Gasteiger partial charge is 0.310 e. The number of phenols is 2. The predicted octanol–water partition coefficient (Wildman–Crippen LogP) is 4.37. The van der Waals surface area contributed by atoms with Gasteiger partial charge in [0.05, 0.1) is 24.2 Å². The molecule has 0 spiro atoms. The van der Waals surface area contributed by atoms with Crippen LogP contribution in [0.4, 0.5) is 0 Å². The SMILES string of the molecule is CC(=O)OC(C)=O.CCOC(=O)CCCC(=O)c1ccc(O)cc1O.CCOC(=O)CCc1c(C)oc2cc(C)ccc2c1=O.[2H][B].[U]. The second-order valence-corrected chi connectivity index (χ2v) is 9.64. The van der Waals surface area contributed by atoms with E-state index in [1.54, 1.807) is 26.8 Å². The first-order valence-electron chi connectivity index (χ1n) is 14.9. The van der Waals surface area contributed by atoms with Crippen LogP contribution < -0.4 is 5.43 Å². The normalized spacial score (nSPS) is 9.70. The molecule has 0 saturated carbocycles. The zero-order valence-electron chi connectivity index (χ0n) is 28.5. The van der Waals surface area contributed by atoms with Crippen molar-refractivity contribution in [3.05, 3.63) is 69.1 Å². The van der Waals surface area contributed by atoms with Gasteiger partial charge in [0, 0.05) is 84.2 Å². The molecule has 0 saturated heterocycles. The summed E-state index contributed by atoms with van der Waals surface area (Å²) in [5.41, 5.74) is 2.27. The Morgan fingerprint density at radius 3 is 1.94 bits per heavy atom. The van der Waals surface area contributed by atoms with Crippen LogP contribution in [0.2, 0.25) is 0 Å². The number of phenolic OH excluding ortho intramolecular Hbond substituents is 2. The Hall–Kier alpha value is -3.88. The second-order valence-electron chi connectivity index (χ2n) is 9.64. The number of ketones is 1. The Morgan fingerprint density at radius 1 is 0.851 bits per heavy atom. The fourth-order valence-corrected chi connectivity index (χ4v) is 3.92. The van der Waals surface area contributed by atoms with Gasteiger partial charge in [-0.05, 0) is 71.7 Å². The van der Waals surface area contributed by atoms with E-state index in [1.165, 1.54) is 26.0 Å². The fourth-order valence-electron chi connectivity index (χ4n) is 3.92. The maximum absolute atomic E-state index is 12.4. The molecule has 0 aliphatic carbocycles. The molecule has 47 heavy (non-hydrogen) atoms. The molecule has 14 heteroatoms. The Kier molecular flexibility index (Phi) is 21.5. The van der Waals surface area contributed by atoms with Gasteiger partial charge < -0.3 is 28.8 Å². The number of aromatic hydroxyl groups is 2. The van der Waals surface area contributed by atoms with Gasteiger partial charge in [0.2, 0.25) is 0 Å². The number of carbonyl (C=O) groups is 5. The molecular formula is C33H41BO12U. The largest absolute Gasteiger partial charge is 0.508 e. The predicted molar refractivity (Wildman–Crippen MR) is 171 cm³/mol. The van der Waals surface area contributed by atoms with Gasteiger partial charge in [-0.1, -0.05) is 6.07 Å². The van der Waals surface area contributed by atoms with Crippen molar-refractivity contribution in [2.24, 2.45) is 0 Å². The number of hydrogen-bond acceptors (Lipinski definition) is 12. The van der Waals surface area contributed by atoms with E-state index in [1.807, 2.05) is 19.1 Å². The van der Waals surface area contributed by atoms with Crippen molar-refractivity contribution in [2.45, 2.75) is 73.6 Å². The third-order valence-corrected chi connectivity index (χ3v) is 5.89. The zero-order chi connectivity index (χ0) is 36.1. The molecule has 1 aromatic heterocycles. The van der Waals surface area contributed by atoms with E-state index in [0.29, 0.717) is 48.3 Å². The number of fused-ring (bicyclic) bond motifs is 1. The van der Waals surface area contributed by atoms with E-state index in [-0.39, 0.29) is 90.6 Å². The van der Waals surface area contributed by atoms with Gasteiger partial charge in [0.1, 0.15) is 22.8 Å². The van der Waals surface area contributed by atoms with Crippen LogP contribution in [0.1, 0.15) is 80.6 Å². The molecule has 12 nitrogen and oxygen atoms in total. The quantitative estimate of drug-likeness (QED) is 0.0967. The maximum Gasteiger partial charge on any atom is 0.310 e. The first kappa shape index (κ1) is 43.1. The van der Waals surface area contributed by atoms with Gasteiger partial charge in [0.25, 0.3) is 0 Å². The van der Waals surface area contributed by atoms with Crippen LogP contribution in [-0.4, -0.2) is 62.8 Å². The van der Waals surface area contributed by atoms with Gasteiger partial charge in [0.15, 0.2) is 11.2 Å².